The quantitative estimate of drug-likeness (QED) is 0.931. The molecule has 0 fully saturated rings. The van der Waals surface area contributed by atoms with Crippen molar-refractivity contribution >= 4 is 11.3 Å². The summed E-state index contributed by atoms with van der Waals surface area (Å²) >= 11 is 1.81. The Hall–Kier alpha value is -1.52. The Labute approximate surface area is 123 Å². The Morgan fingerprint density at radius 2 is 2.15 bits per heavy atom. The summed E-state index contributed by atoms with van der Waals surface area (Å²) in [6.07, 6.45) is 1.07. The Balaban J connectivity index is 1.95. The first-order chi connectivity index (χ1) is 9.71. The molecule has 1 aromatic carbocycles. The van der Waals surface area contributed by atoms with E-state index in [0.29, 0.717) is 6.04 Å². The predicted octanol–water partition coefficient (Wildman–Crippen LogP) is 3.85. The van der Waals surface area contributed by atoms with E-state index in [2.05, 4.69) is 30.4 Å². The SMILES string of the molecule is CNC1CC(c2ccc(C)s2)Oc2cc(OC)ccc21. The van der Waals surface area contributed by atoms with Crippen LogP contribution in [0.4, 0.5) is 0 Å². The molecule has 1 aliphatic rings. The third kappa shape index (κ3) is 2.41. The maximum atomic E-state index is 6.20. The summed E-state index contributed by atoms with van der Waals surface area (Å²) in [4.78, 5) is 2.61. The fourth-order valence-corrected chi connectivity index (χ4v) is 3.57. The summed E-state index contributed by atoms with van der Waals surface area (Å²) < 4.78 is 11.5. The van der Waals surface area contributed by atoms with Crippen molar-refractivity contribution in [1.29, 1.82) is 0 Å². The van der Waals surface area contributed by atoms with Crippen molar-refractivity contribution in [2.75, 3.05) is 14.2 Å². The molecular weight excluding hydrogens is 270 g/mol. The van der Waals surface area contributed by atoms with Crippen LogP contribution in [0.5, 0.6) is 11.5 Å². The molecule has 2 heterocycles. The van der Waals surface area contributed by atoms with Crippen molar-refractivity contribution in [2.45, 2.75) is 25.5 Å². The normalized spacial score (nSPS) is 21.1. The zero-order chi connectivity index (χ0) is 14.1. The molecule has 0 aliphatic carbocycles. The highest BCUT2D eigenvalue weighted by Gasteiger charge is 2.29. The first-order valence-electron chi connectivity index (χ1n) is 6.79. The van der Waals surface area contributed by atoms with Crippen molar-refractivity contribution in [3.05, 3.63) is 45.6 Å². The number of hydrogen-bond acceptors (Lipinski definition) is 4. The molecule has 3 nitrogen and oxygen atoms in total. The fraction of sp³-hybridized carbons (Fsp3) is 0.375. The van der Waals surface area contributed by atoms with Crippen molar-refractivity contribution in [3.8, 4) is 11.5 Å². The van der Waals surface area contributed by atoms with Gasteiger partial charge in [-0.15, -0.1) is 11.3 Å². The lowest BCUT2D eigenvalue weighted by atomic mass is 9.96. The van der Waals surface area contributed by atoms with Gasteiger partial charge in [-0.3, -0.25) is 0 Å². The molecule has 0 bridgehead atoms. The van der Waals surface area contributed by atoms with Crippen LogP contribution in [-0.2, 0) is 0 Å². The highest BCUT2D eigenvalue weighted by molar-refractivity contribution is 7.12. The average molecular weight is 289 g/mol. The maximum absolute atomic E-state index is 6.20. The number of benzene rings is 1. The molecule has 4 heteroatoms. The number of thiophene rings is 1. The summed E-state index contributed by atoms with van der Waals surface area (Å²) in [5.41, 5.74) is 1.21. The van der Waals surface area contributed by atoms with Crippen molar-refractivity contribution in [3.63, 3.8) is 0 Å². The Bertz CT molecular complexity index is 608. The van der Waals surface area contributed by atoms with E-state index in [0.717, 1.165) is 17.9 Å². The molecule has 0 saturated carbocycles. The van der Waals surface area contributed by atoms with Gasteiger partial charge < -0.3 is 14.8 Å². The molecule has 0 radical (unpaired) electrons. The predicted molar refractivity (Wildman–Crippen MR) is 81.8 cm³/mol. The molecule has 0 spiro atoms. The minimum Gasteiger partial charge on any atom is -0.497 e. The van der Waals surface area contributed by atoms with Crippen LogP contribution in [-0.4, -0.2) is 14.2 Å². The molecule has 1 aromatic heterocycles. The third-order valence-corrected chi connectivity index (χ3v) is 4.83. The lowest BCUT2D eigenvalue weighted by Crippen LogP contribution is -2.26. The van der Waals surface area contributed by atoms with E-state index in [1.807, 2.05) is 30.5 Å². The van der Waals surface area contributed by atoms with Crippen LogP contribution in [0.1, 0.15) is 33.9 Å². The van der Waals surface area contributed by atoms with E-state index in [4.69, 9.17) is 9.47 Å². The molecule has 106 valence electrons. The van der Waals surface area contributed by atoms with Crippen molar-refractivity contribution in [1.82, 2.24) is 5.32 Å². The van der Waals surface area contributed by atoms with Crippen LogP contribution in [0.15, 0.2) is 30.3 Å². The van der Waals surface area contributed by atoms with E-state index in [9.17, 15) is 0 Å². The van der Waals surface area contributed by atoms with Gasteiger partial charge in [-0.2, -0.15) is 0 Å². The zero-order valence-corrected chi connectivity index (χ0v) is 12.8. The number of methoxy groups -OCH3 is 1. The largest absolute Gasteiger partial charge is 0.497 e. The van der Waals surface area contributed by atoms with Crippen LogP contribution < -0.4 is 14.8 Å². The second-order valence-corrected chi connectivity index (χ2v) is 6.36. The van der Waals surface area contributed by atoms with Crippen LogP contribution in [0.2, 0.25) is 0 Å². The molecule has 0 saturated heterocycles. The van der Waals surface area contributed by atoms with Crippen LogP contribution in [0.25, 0.3) is 0 Å². The monoisotopic (exact) mass is 289 g/mol. The van der Waals surface area contributed by atoms with Gasteiger partial charge in [-0.25, -0.2) is 0 Å². The molecule has 20 heavy (non-hydrogen) atoms. The Kier molecular flexibility index (Phi) is 3.68. The molecule has 1 aliphatic heterocycles. The lowest BCUT2D eigenvalue weighted by Gasteiger charge is -2.31. The van der Waals surface area contributed by atoms with E-state index in [1.165, 1.54) is 15.3 Å². The van der Waals surface area contributed by atoms with Crippen LogP contribution >= 0.6 is 11.3 Å². The molecule has 3 rings (SSSR count). The van der Waals surface area contributed by atoms with Gasteiger partial charge in [0.15, 0.2) is 0 Å². The lowest BCUT2D eigenvalue weighted by molar-refractivity contribution is 0.156. The summed E-state index contributed by atoms with van der Waals surface area (Å²) in [5.74, 6) is 1.76. The van der Waals surface area contributed by atoms with Gasteiger partial charge in [-0.1, -0.05) is 6.07 Å². The Morgan fingerprint density at radius 1 is 1.30 bits per heavy atom. The summed E-state index contributed by atoms with van der Waals surface area (Å²) in [6.45, 7) is 2.13. The highest BCUT2D eigenvalue weighted by Crippen LogP contribution is 2.43. The molecule has 1 N–H and O–H groups in total. The van der Waals surface area contributed by atoms with Gasteiger partial charge in [0.05, 0.1) is 7.11 Å². The van der Waals surface area contributed by atoms with E-state index < -0.39 is 0 Å². The topological polar surface area (TPSA) is 30.5 Å². The number of fused-ring (bicyclic) bond motifs is 1. The van der Waals surface area contributed by atoms with E-state index in [1.54, 1.807) is 7.11 Å². The molecule has 2 aromatic rings. The van der Waals surface area contributed by atoms with Gasteiger partial charge in [0.1, 0.15) is 17.6 Å². The van der Waals surface area contributed by atoms with E-state index >= 15 is 0 Å². The molecule has 2 atom stereocenters. The number of rotatable bonds is 3. The standard InChI is InChI=1S/C16H19NO2S/c1-10-4-7-16(20-10)15-9-13(17-2)12-6-5-11(18-3)8-14(12)19-15/h4-8,13,15,17H,9H2,1-3H3. The number of ether oxygens (including phenoxy) is 2. The molecule has 0 amide bonds. The first-order valence-corrected chi connectivity index (χ1v) is 7.61. The maximum Gasteiger partial charge on any atom is 0.135 e. The van der Waals surface area contributed by atoms with Crippen molar-refractivity contribution in [2.24, 2.45) is 0 Å². The summed E-state index contributed by atoms with van der Waals surface area (Å²) in [6, 6.07) is 10.7. The third-order valence-electron chi connectivity index (χ3n) is 3.74. The smallest absolute Gasteiger partial charge is 0.135 e. The summed E-state index contributed by atoms with van der Waals surface area (Å²) in [5, 5.41) is 3.39. The first kappa shape index (κ1) is 13.5. The highest BCUT2D eigenvalue weighted by atomic mass is 32.1. The molecular formula is C16H19NO2S. The number of aryl methyl sites for hydroxylation is 1. The second kappa shape index (κ2) is 5.46. The summed E-state index contributed by atoms with van der Waals surface area (Å²) in [7, 11) is 3.68. The van der Waals surface area contributed by atoms with Gasteiger partial charge in [0, 0.05) is 33.8 Å². The zero-order valence-electron chi connectivity index (χ0n) is 12.0. The molecule has 2 unspecified atom stereocenters. The number of hydrogen-bond donors (Lipinski definition) is 1. The Morgan fingerprint density at radius 3 is 2.80 bits per heavy atom. The van der Waals surface area contributed by atoms with Gasteiger partial charge >= 0.3 is 0 Å². The van der Waals surface area contributed by atoms with Gasteiger partial charge in [0.25, 0.3) is 0 Å². The van der Waals surface area contributed by atoms with Crippen molar-refractivity contribution < 1.29 is 9.47 Å². The average Bonchev–Trinajstić information content (AvgIpc) is 2.92. The van der Waals surface area contributed by atoms with Gasteiger partial charge in [-0.05, 0) is 32.2 Å². The fourth-order valence-electron chi connectivity index (χ4n) is 2.65. The van der Waals surface area contributed by atoms with Gasteiger partial charge in [0.2, 0.25) is 0 Å². The van der Waals surface area contributed by atoms with Crippen LogP contribution in [0, 0.1) is 6.92 Å². The van der Waals surface area contributed by atoms with E-state index in [-0.39, 0.29) is 6.10 Å². The van der Waals surface area contributed by atoms with Crippen LogP contribution in [0.3, 0.4) is 0 Å². The number of nitrogens with one attached hydrogen (secondary N) is 1. The second-order valence-electron chi connectivity index (χ2n) is 5.04. The minimum atomic E-state index is 0.116. The minimum absolute atomic E-state index is 0.116.